The average molecular weight is 628 g/mol. The second-order valence-electron chi connectivity index (χ2n) is 10.0. The summed E-state index contributed by atoms with van der Waals surface area (Å²) < 4.78 is 45.1. The van der Waals surface area contributed by atoms with Gasteiger partial charge in [0.25, 0.3) is 5.91 Å². The first-order valence-corrected chi connectivity index (χ1v) is 13.8. The quantitative estimate of drug-likeness (QED) is 0.183. The molecule has 2 N–H and O–H groups in total. The molecular formula is C32H40F3N7O3. The van der Waals surface area contributed by atoms with Crippen molar-refractivity contribution < 1.29 is 27.5 Å². The summed E-state index contributed by atoms with van der Waals surface area (Å²) in [6, 6.07) is 8.18. The fraction of sp³-hybridized carbons (Fsp3) is 0.312. The molecule has 0 saturated carbocycles. The predicted octanol–water partition coefficient (Wildman–Crippen LogP) is 5.47. The number of alkyl halides is 3. The van der Waals surface area contributed by atoms with E-state index < -0.39 is 17.6 Å². The normalized spacial score (nSPS) is 14.8. The highest BCUT2D eigenvalue weighted by Crippen LogP contribution is 2.37. The molecule has 13 heteroatoms. The topological polar surface area (TPSA) is 102 Å². The monoisotopic (exact) mass is 627 g/mol. The third-order valence-corrected chi connectivity index (χ3v) is 6.59. The molecule has 1 heterocycles. The zero-order valence-electron chi connectivity index (χ0n) is 26.4. The lowest BCUT2D eigenvalue weighted by molar-refractivity contribution is -0.137. The van der Waals surface area contributed by atoms with Crippen LogP contribution in [0.1, 0.15) is 12.5 Å². The number of hydrogen-bond donors (Lipinski definition) is 2. The highest BCUT2D eigenvalue weighted by atomic mass is 19.4. The molecule has 0 aliphatic carbocycles. The van der Waals surface area contributed by atoms with E-state index >= 15 is 0 Å². The minimum Gasteiger partial charge on any atom is -0.495 e. The van der Waals surface area contributed by atoms with E-state index in [0.29, 0.717) is 28.9 Å². The van der Waals surface area contributed by atoms with Gasteiger partial charge in [-0.1, -0.05) is 6.58 Å². The van der Waals surface area contributed by atoms with Gasteiger partial charge in [-0.3, -0.25) is 19.5 Å². The Balaban J connectivity index is 0.00000166. The fourth-order valence-electron chi connectivity index (χ4n) is 4.25. The number of aliphatic imine (C=N–C) groups is 2. The van der Waals surface area contributed by atoms with Crippen LogP contribution in [-0.4, -0.2) is 84.7 Å². The van der Waals surface area contributed by atoms with Crippen molar-refractivity contribution in [3.05, 3.63) is 78.0 Å². The molecule has 0 spiro atoms. The summed E-state index contributed by atoms with van der Waals surface area (Å²) >= 11 is 0. The van der Waals surface area contributed by atoms with Gasteiger partial charge in [0.2, 0.25) is 0 Å². The number of amides is 1. The number of rotatable bonds is 12. The fourth-order valence-corrected chi connectivity index (χ4v) is 4.25. The predicted molar refractivity (Wildman–Crippen MR) is 177 cm³/mol. The molecule has 0 atom stereocenters. The zero-order chi connectivity index (χ0) is 33.7. The Morgan fingerprint density at radius 2 is 1.73 bits per heavy atom. The molecule has 3 rings (SSSR count). The number of aldehydes is 1. The molecule has 1 aliphatic rings. The van der Waals surface area contributed by atoms with E-state index in [-0.39, 0.29) is 18.2 Å². The Bertz CT molecular complexity index is 1440. The van der Waals surface area contributed by atoms with E-state index in [4.69, 9.17) is 9.53 Å². The van der Waals surface area contributed by atoms with Crippen molar-refractivity contribution in [2.75, 3.05) is 75.5 Å². The zero-order valence-corrected chi connectivity index (χ0v) is 26.4. The number of benzene rings is 2. The lowest BCUT2D eigenvalue weighted by Crippen LogP contribution is -2.41. The van der Waals surface area contributed by atoms with Gasteiger partial charge in [-0.05, 0) is 69.7 Å². The van der Waals surface area contributed by atoms with Crippen LogP contribution in [0.3, 0.4) is 0 Å². The number of anilines is 4. The largest absolute Gasteiger partial charge is 0.495 e. The number of ether oxygens (including phenoxy) is 1. The van der Waals surface area contributed by atoms with E-state index in [2.05, 4.69) is 43.7 Å². The number of nitrogens with zero attached hydrogens (tertiary/aromatic N) is 5. The SMILES string of the molecule is C=CC=O.C=N/C=C1/C(C)=CC(=O)N(c2ccc(C(F)(F)F)cc2)/C1=N/CNc1cc(NC)c(N(C)CCN(C)C)cc1OC. The molecule has 1 aliphatic heterocycles. The molecule has 2 aromatic carbocycles. The van der Waals surface area contributed by atoms with Crippen LogP contribution in [0.4, 0.5) is 35.9 Å². The third-order valence-electron chi connectivity index (χ3n) is 6.59. The number of halogens is 3. The maximum absolute atomic E-state index is 13.1. The maximum Gasteiger partial charge on any atom is 0.416 e. The van der Waals surface area contributed by atoms with E-state index in [9.17, 15) is 18.0 Å². The lowest BCUT2D eigenvalue weighted by Gasteiger charge is -2.29. The number of methoxy groups -OCH3 is 1. The van der Waals surface area contributed by atoms with Crippen molar-refractivity contribution in [3.8, 4) is 5.75 Å². The minimum absolute atomic E-state index is 0.0246. The second kappa shape index (κ2) is 16.8. The van der Waals surface area contributed by atoms with Gasteiger partial charge in [0, 0.05) is 51.1 Å². The summed E-state index contributed by atoms with van der Waals surface area (Å²) in [5, 5.41) is 6.46. The highest BCUT2D eigenvalue weighted by Gasteiger charge is 2.32. The molecule has 10 nitrogen and oxygen atoms in total. The Labute approximate surface area is 262 Å². The van der Waals surface area contributed by atoms with Crippen LogP contribution in [0, 0.1) is 0 Å². The number of amidine groups is 1. The first-order chi connectivity index (χ1) is 21.3. The molecule has 2 aromatic rings. The Morgan fingerprint density at radius 1 is 1.09 bits per heavy atom. The van der Waals surface area contributed by atoms with Gasteiger partial charge in [0.15, 0.2) is 0 Å². The number of hydrogen-bond acceptors (Lipinski definition) is 9. The summed E-state index contributed by atoms with van der Waals surface area (Å²) in [7, 11) is 9.45. The molecular weight excluding hydrogens is 587 g/mol. The van der Waals surface area contributed by atoms with E-state index in [0.717, 1.165) is 36.6 Å². The van der Waals surface area contributed by atoms with Crippen LogP contribution < -0.4 is 25.2 Å². The number of carbonyl (C=O) groups is 2. The number of allylic oxidation sites excluding steroid dienone is 1. The molecule has 0 saturated heterocycles. The van der Waals surface area contributed by atoms with Crippen molar-refractivity contribution in [3.63, 3.8) is 0 Å². The van der Waals surface area contributed by atoms with Crippen molar-refractivity contribution in [1.82, 2.24) is 4.90 Å². The molecule has 0 fully saturated rings. The van der Waals surface area contributed by atoms with Crippen molar-refractivity contribution in [2.24, 2.45) is 9.98 Å². The highest BCUT2D eigenvalue weighted by molar-refractivity contribution is 6.30. The Hall–Kier alpha value is -4.91. The van der Waals surface area contributed by atoms with E-state index in [1.54, 1.807) is 14.0 Å². The van der Waals surface area contributed by atoms with Gasteiger partial charge in [-0.15, -0.1) is 0 Å². The number of carbonyl (C=O) groups excluding carboxylic acids is 2. The molecule has 1 amide bonds. The van der Waals surface area contributed by atoms with Gasteiger partial charge in [0.05, 0.1) is 35.4 Å². The summed E-state index contributed by atoms with van der Waals surface area (Å²) in [5.41, 5.74) is 3.03. The molecule has 0 radical (unpaired) electrons. The first-order valence-electron chi connectivity index (χ1n) is 13.8. The van der Waals surface area contributed by atoms with Gasteiger partial charge >= 0.3 is 6.18 Å². The van der Waals surface area contributed by atoms with Crippen molar-refractivity contribution in [2.45, 2.75) is 13.1 Å². The third kappa shape index (κ3) is 9.80. The molecule has 0 bridgehead atoms. The van der Waals surface area contributed by atoms with Crippen LogP contribution in [-0.2, 0) is 15.8 Å². The summed E-state index contributed by atoms with van der Waals surface area (Å²) in [6.07, 6.45) is 0.183. The van der Waals surface area contributed by atoms with Crippen LogP contribution in [0.15, 0.2) is 82.5 Å². The molecule has 242 valence electrons. The molecule has 0 aromatic heterocycles. The summed E-state index contributed by atoms with van der Waals surface area (Å²) in [5.74, 6) is 0.375. The van der Waals surface area contributed by atoms with Gasteiger partial charge in [-0.25, -0.2) is 4.99 Å². The van der Waals surface area contributed by atoms with E-state index in [1.165, 1.54) is 35.4 Å². The first kappa shape index (κ1) is 36.3. The smallest absolute Gasteiger partial charge is 0.416 e. The minimum atomic E-state index is -4.50. The number of likely N-dealkylation sites (N-methyl/N-ethyl adjacent to an activating group) is 2. The standard InChI is InChI=1S/C29H36F3N7O2.C3H4O/c1-19-14-27(40)39(21-10-8-20(9-11-21)29(30,31)32)28(22(19)17-33-2)36-18-35-24-15-23(34-3)25(16-26(24)41-7)38(6)13-12-37(4)5;1-2-3-4/h8-11,14-17,34-35H,2,12-13,18H2,1,3-7H3;2-3H,1H2/b22-17-,36-28+;. The van der Waals surface area contributed by atoms with Crippen molar-refractivity contribution >= 4 is 47.5 Å². The maximum atomic E-state index is 13.1. The van der Waals surface area contributed by atoms with Crippen LogP contribution >= 0.6 is 0 Å². The van der Waals surface area contributed by atoms with Crippen molar-refractivity contribution in [1.29, 1.82) is 0 Å². The van der Waals surface area contributed by atoms with Gasteiger partial charge < -0.3 is 25.2 Å². The lowest BCUT2D eigenvalue weighted by atomic mass is 10.0. The van der Waals surface area contributed by atoms with Gasteiger partial charge in [-0.2, -0.15) is 13.2 Å². The Kier molecular flexibility index (Phi) is 13.6. The van der Waals surface area contributed by atoms with E-state index in [1.807, 2.05) is 40.3 Å². The van der Waals surface area contributed by atoms with Crippen LogP contribution in [0.2, 0.25) is 0 Å². The van der Waals surface area contributed by atoms with Crippen LogP contribution in [0.5, 0.6) is 5.75 Å². The van der Waals surface area contributed by atoms with Crippen LogP contribution in [0.25, 0.3) is 0 Å². The summed E-state index contributed by atoms with van der Waals surface area (Å²) in [6.45, 7) is 10.1. The number of nitrogens with one attached hydrogen (secondary N) is 2. The Morgan fingerprint density at radius 3 is 2.24 bits per heavy atom. The molecule has 0 unspecified atom stereocenters. The molecule has 45 heavy (non-hydrogen) atoms. The van der Waals surface area contributed by atoms with Gasteiger partial charge in [0.1, 0.15) is 24.5 Å². The average Bonchev–Trinajstić information content (AvgIpc) is 3.01. The summed E-state index contributed by atoms with van der Waals surface area (Å²) in [4.78, 5) is 36.1. The second-order valence-corrected chi connectivity index (χ2v) is 10.0.